The third-order valence-corrected chi connectivity index (χ3v) is 5.89. The van der Waals surface area contributed by atoms with Gasteiger partial charge in [0.1, 0.15) is 5.58 Å². The molecular formula is C23H17BrN2O3. The van der Waals surface area contributed by atoms with E-state index in [-0.39, 0.29) is 5.91 Å². The highest BCUT2D eigenvalue weighted by Gasteiger charge is 2.34. The number of para-hydroxylation sites is 2. The van der Waals surface area contributed by atoms with Gasteiger partial charge in [-0.3, -0.25) is 14.9 Å². The number of carbonyl (C=O) groups excluding carboxylic acids is 2. The molecule has 2 amide bonds. The fourth-order valence-electron chi connectivity index (χ4n) is 4.05. The fourth-order valence-corrected chi connectivity index (χ4v) is 4.33. The van der Waals surface area contributed by atoms with Gasteiger partial charge in [-0.05, 0) is 24.5 Å². The van der Waals surface area contributed by atoms with Crippen LogP contribution in [0, 0.1) is 0 Å². The number of fused-ring (bicyclic) bond motifs is 2. The molecule has 144 valence electrons. The van der Waals surface area contributed by atoms with Crippen molar-refractivity contribution in [3.8, 4) is 0 Å². The molecular weight excluding hydrogens is 432 g/mol. The monoisotopic (exact) mass is 448 g/mol. The molecule has 0 aliphatic carbocycles. The molecule has 0 saturated heterocycles. The van der Waals surface area contributed by atoms with E-state index < -0.39 is 5.91 Å². The molecule has 0 saturated carbocycles. The Morgan fingerprint density at radius 1 is 0.931 bits per heavy atom. The van der Waals surface area contributed by atoms with Crippen LogP contribution in [0.4, 0.5) is 0 Å². The number of benzene rings is 2. The smallest absolute Gasteiger partial charge is 0.259 e. The SMILES string of the molecule is O=C1NC(=O)C(c2cccc3ccoc23)=C1c1c[nH]c2c(CCCBr)cccc12. The summed E-state index contributed by atoms with van der Waals surface area (Å²) in [5, 5.41) is 5.21. The normalized spacial score (nSPS) is 14.4. The van der Waals surface area contributed by atoms with Crippen molar-refractivity contribution in [3.63, 3.8) is 0 Å². The van der Waals surface area contributed by atoms with Gasteiger partial charge in [0.2, 0.25) is 0 Å². The lowest BCUT2D eigenvalue weighted by Crippen LogP contribution is -2.22. The summed E-state index contributed by atoms with van der Waals surface area (Å²) in [5.41, 5.74) is 4.86. The van der Waals surface area contributed by atoms with E-state index in [0.29, 0.717) is 22.3 Å². The predicted molar refractivity (Wildman–Crippen MR) is 117 cm³/mol. The van der Waals surface area contributed by atoms with Crippen molar-refractivity contribution in [3.05, 3.63) is 71.6 Å². The first kappa shape index (κ1) is 17.9. The standard InChI is InChI=1S/C23H17BrN2O3/c24-10-3-6-13-4-1-7-15-17(12-25-20(13)15)19-18(22(27)26-23(19)28)16-8-2-5-14-9-11-29-21(14)16/h1-2,4-5,7-9,11-12,25H,3,6,10H2,(H,26,27,28). The third-order valence-electron chi connectivity index (χ3n) is 5.33. The van der Waals surface area contributed by atoms with Gasteiger partial charge in [0, 0.05) is 38.9 Å². The van der Waals surface area contributed by atoms with Crippen LogP contribution in [0.1, 0.15) is 23.1 Å². The largest absolute Gasteiger partial charge is 0.464 e. The van der Waals surface area contributed by atoms with Gasteiger partial charge in [-0.2, -0.15) is 0 Å². The molecule has 1 aliphatic heterocycles. The summed E-state index contributed by atoms with van der Waals surface area (Å²) < 4.78 is 5.62. The van der Waals surface area contributed by atoms with Crippen molar-refractivity contribution in [1.29, 1.82) is 0 Å². The molecule has 29 heavy (non-hydrogen) atoms. The van der Waals surface area contributed by atoms with Gasteiger partial charge < -0.3 is 9.40 Å². The van der Waals surface area contributed by atoms with E-state index in [2.05, 4.69) is 32.3 Å². The number of alkyl halides is 1. The maximum Gasteiger partial charge on any atom is 0.259 e. The Hall–Kier alpha value is -3.12. The number of aromatic amines is 1. The van der Waals surface area contributed by atoms with E-state index in [1.165, 1.54) is 5.56 Å². The first-order valence-corrected chi connectivity index (χ1v) is 10.5. The molecule has 0 radical (unpaired) electrons. The minimum absolute atomic E-state index is 0.349. The van der Waals surface area contributed by atoms with Gasteiger partial charge in [-0.25, -0.2) is 0 Å². The summed E-state index contributed by atoms with van der Waals surface area (Å²) in [6, 6.07) is 13.5. The summed E-state index contributed by atoms with van der Waals surface area (Å²) >= 11 is 3.48. The first-order chi connectivity index (χ1) is 14.2. The average Bonchev–Trinajstić information content (AvgIpc) is 3.43. The third kappa shape index (κ3) is 2.83. The van der Waals surface area contributed by atoms with Crippen LogP contribution < -0.4 is 5.32 Å². The minimum Gasteiger partial charge on any atom is -0.464 e. The Morgan fingerprint density at radius 2 is 1.72 bits per heavy atom. The summed E-state index contributed by atoms with van der Waals surface area (Å²) in [6.45, 7) is 0. The summed E-state index contributed by atoms with van der Waals surface area (Å²) in [5.74, 6) is -0.793. The van der Waals surface area contributed by atoms with Gasteiger partial charge >= 0.3 is 0 Å². The number of rotatable bonds is 5. The van der Waals surface area contributed by atoms with Gasteiger partial charge in [0.05, 0.1) is 17.4 Å². The number of hydrogen-bond donors (Lipinski definition) is 2. The molecule has 0 bridgehead atoms. The fraction of sp³-hybridized carbons (Fsp3) is 0.130. The molecule has 3 heterocycles. The van der Waals surface area contributed by atoms with Crippen molar-refractivity contribution >= 4 is 60.8 Å². The minimum atomic E-state index is -0.404. The second-order valence-corrected chi connectivity index (χ2v) is 7.81. The maximum absolute atomic E-state index is 12.8. The Balaban J connectivity index is 1.76. The number of amides is 2. The van der Waals surface area contributed by atoms with Crippen molar-refractivity contribution in [2.24, 2.45) is 0 Å². The van der Waals surface area contributed by atoms with Gasteiger partial charge in [0.15, 0.2) is 0 Å². The first-order valence-electron chi connectivity index (χ1n) is 9.41. The highest BCUT2D eigenvalue weighted by molar-refractivity contribution is 9.09. The maximum atomic E-state index is 12.8. The molecule has 6 heteroatoms. The zero-order valence-electron chi connectivity index (χ0n) is 15.4. The second-order valence-electron chi connectivity index (χ2n) is 7.01. The summed E-state index contributed by atoms with van der Waals surface area (Å²) in [4.78, 5) is 28.9. The molecule has 0 atom stereocenters. The molecule has 0 unspecified atom stereocenters. The van der Waals surface area contributed by atoms with Crippen LogP contribution in [0.25, 0.3) is 33.0 Å². The molecule has 2 aromatic carbocycles. The number of hydrogen-bond acceptors (Lipinski definition) is 3. The van der Waals surface area contributed by atoms with E-state index >= 15 is 0 Å². The molecule has 0 fully saturated rings. The van der Waals surface area contributed by atoms with Gasteiger partial charge in [0.25, 0.3) is 11.8 Å². The van der Waals surface area contributed by atoms with Crippen LogP contribution >= 0.6 is 15.9 Å². The number of nitrogens with one attached hydrogen (secondary N) is 2. The lowest BCUT2D eigenvalue weighted by Gasteiger charge is -2.06. The van der Waals surface area contributed by atoms with E-state index in [4.69, 9.17) is 4.42 Å². The van der Waals surface area contributed by atoms with Gasteiger partial charge in [-0.15, -0.1) is 0 Å². The zero-order chi connectivity index (χ0) is 20.0. The van der Waals surface area contributed by atoms with Crippen LogP contribution in [-0.2, 0) is 16.0 Å². The summed E-state index contributed by atoms with van der Waals surface area (Å²) in [7, 11) is 0. The van der Waals surface area contributed by atoms with E-state index in [0.717, 1.165) is 40.0 Å². The number of H-pyrrole nitrogens is 1. The topological polar surface area (TPSA) is 75.1 Å². The Labute approximate surface area is 174 Å². The van der Waals surface area contributed by atoms with Crippen molar-refractivity contribution in [2.45, 2.75) is 12.8 Å². The van der Waals surface area contributed by atoms with Crippen LogP contribution in [0.15, 0.2) is 59.3 Å². The molecule has 1 aliphatic rings. The second kappa shape index (κ2) is 7.04. The lowest BCUT2D eigenvalue weighted by molar-refractivity contribution is -0.122. The number of aryl methyl sites for hydroxylation is 1. The van der Waals surface area contributed by atoms with Crippen LogP contribution in [0.3, 0.4) is 0 Å². The lowest BCUT2D eigenvalue weighted by atomic mass is 9.94. The van der Waals surface area contributed by atoms with Crippen molar-refractivity contribution < 1.29 is 14.0 Å². The number of furan rings is 1. The average molecular weight is 449 g/mol. The van der Waals surface area contributed by atoms with E-state index in [9.17, 15) is 9.59 Å². The highest BCUT2D eigenvalue weighted by atomic mass is 79.9. The van der Waals surface area contributed by atoms with Crippen LogP contribution in [-0.4, -0.2) is 22.1 Å². The summed E-state index contributed by atoms with van der Waals surface area (Å²) in [6.07, 6.45) is 5.34. The Bertz CT molecular complexity index is 1310. The quantitative estimate of drug-likeness (QED) is 0.339. The number of aromatic nitrogens is 1. The molecule has 4 aromatic rings. The van der Waals surface area contributed by atoms with Crippen LogP contribution in [0.2, 0.25) is 0 Å². The van der Waals surface area contributed by atoms with Crippen molar-refractivity contribution in [2.75, 3.05) is 5.33 Å². The molecule has 2 aromatic heterocycles. The Morgan fingerprint density at radius 3 is 2.55 bits per heavy atom. The van der Waals surface area contributed by atoms with E-state index in [1.54, 1.807) is 6.26 Å². The number of halogens is 1. The predicted octanol–water partition coefficient (Wildman–Crippen LogP) is 4.81. The number of carbonyl (C=O) groups is 2. The molecule has 2 N–H and O–H groups in total. The molecule has 0 spiro atoms. The number of imide groups is 1. The Kier molecular flexibility index (Phi) is 4.36. The van der Waals surface area contributed by atoms with E-state index in [1.807, 2.05) is 42.6 Å². The molecule has 5 nitrogen and oxygen atoms in total. The highest BCUT2D eigenvalue weighted by Crippen LogP contribution is 2.38. The van der Waals surface area contributed by atoms with Crippen LogP contribution in [0.5, 0.6) is 0 Å². The molecule has 5 rings (SSSR count). The van der Waals surface area contributed by atoms with Gasteiger partial charge in [-0.1, -0.05) is 52.3 Å². The van der Waals surface area contributed by atoms with Crippen molar-refractivity contribution in [1.82, 2.24) is 10.3 Å². The zero-order valence-corrected chi connectivity index (χ0v) is 17.0.